The van der Waals surface area contributed by atoms with Gasteiger partial charge in [-0.2, -0.15) is 0 Å². The number of rotatable bonds is 21. The summed E-state index contributed by atoms with van der Waals surface area (Å²) in [6, 6.07) is 0.805. The van der Waals surface area contributed by atoms with Gasteiger partial charge in [-0.15, -0.1) is 0 Å². The molecule has 0 heterocycles. The van der Waals surface area contributed by atoms with E-state index in [0.717, 1.165) is 12.5 Å². The van der Waals surface area contributed by atoms with Crippen molar-refractivity contribution in [2.24, 2.45) is 0 Å². The number of nitrogens with zero attached hydrogens (tertiary/aromatic N) is 1. The zero-order valence-electron chi connectivity index (χ0n) is 20.1. The fourth-order valence-corrected chi connectivity index (χ4v) is 3.84. The Hall–Kier alpha value is -0.560. The summed E-state index contributed by atoms with van der Waals surface area (Å²) < 4.78 is 0. The van der Waals surface area contributed by atoms with Crippen molar-refractivity contribution in [1.82, 2.24) is 4.90 Å². The van der Waals surface area contributed by atoms with Gasteiger partial charge in [0.1, 0.15) is 0 Å². The molecule has 0 fully saturated rings. The summed E-state index contributed by atoms with van der Waals surface area (Å²) in [6.45, 7) is 4.57. The van der Waals surface area contributed by atoms with E-state index in [1.54, 1.807) is 0 Å². The third-order valence-corrected chi connectivity index (χ3v) is 5.86. The minimum absolute atomic E-state index is 0.805. The van der Waals surface area contributed by atoms with Gasteiger partial charge in [0.05, 0.1) is 0 Å². The standard InChI is InChI=1S/C27H53N/c1-5-7-9-11-12-13-14-15-16-17-18-19-20-22-24-26-27(28(3)4)25-23-21-10-8-6-2/h12-13,15-16,27H,5-11,14,17-26H2,1-4H3/b13-12-,16-15-. The van der Waals surface area contributed by atoms with E-state index in [1.807, 2.05) is 0 Å². The fourth-order valence-electron chi connectivity index (χ4n) is 3.84. The Morgan fingerprint density at radius 3 is 1.50 bits per heavy atom. The molecule has 28 heavy (non-hydrogen) atoms. The predicted molar refractivity (Wildman–Crippen MR) is 130 cm³/mol. The van der Waals surface area contributed by atoms with Gasteiger partial charge in [-0.05, 0) is 59.0 Å². The van der Waals surface area contributed by atoms with Gasteiger partial charge in [-0.25, -0.2) is 0 Å². The lowest BCUT2D eigenvalue weighted by atomic mass is 9.99. The summed E-state index contributed by atoms with van der Waals surface area (Å²) in [5, 5.41) is 0. The van der Waals surface area contributed by atoms with Crippen LogP contribution in [0.5, 0.6) is 0 Å². The second-order valence-corrected chi connectivity index (χ2v) is 8.84. The van der Waals surface area contributed by atoms with Gasteiger partial charge in [0.15, 0.2) is 0 Å². The lowest BCUT2D eigenvalue weighted by Crippen LogP contribution is -2.27. The molecule has 1 nitrogen and oxygen atoms in total. The molecule has 0 N–H and O–H groups in total. The Morgan fingerprint density at radius 1 is 0.536 bits per heavy atom. The highest BCUT2D eigenvalue weighted by molar-refractivity contribution is 4.92. The molecule has 0 aliphatic rings. The molecule has 0 aliphatic heterocycles. The van der Waals surface area contributed by atoms with Crippen molar-refractivity contribution >= 4 is 0 Å². The maximum Gasteiger partial charge on any atom is 0.00891 e. The van der Waals surface area contributed by atoms with Crippen molar-refractivity contribution in [3.8, 4) is 0 Å². The van der Waals surface area contributed by atoms with Crippen LogP contribution >= 0.6 is 0 Å². The zero-order chi connectivity index (χ0) is 20.7. The van der Waals surface area contributed by atoms with Crippen molar-refractivity contribution in [3.05, 3.63) is 24.3 Å². The number of unbranched alkanes of at least 4 members (excludes halogenated alkanes) is 12. The Labute approximate surface area is 179 Å². The highest BCUT2D eigenvalue weighted by atomic mass is 15.1. The number of hydrogen-bond acceptors (Lipinski definition) is 1. The van der Waals surface area contributed by atoms with E-state index in [9.17, 15) is 0 Å². The highest BCUT2D eigenvalue weighted by Gasteiger charge is 2.10. The maximum absolute atomic E-state index is 2.46. The van der Waals surface area contributed by atoms with Gasteiger partial charge < -0.3 is 4.90 Å². The van der Waals surface area contributed by atoms with E-state index in [1.165, 1.54) is 109 Å². The summed E-state index contributed by atoms with van der Waals surface area (Å²) in [4.78, 5) is 2.46. The van der Waals surface area contributed by atoms with Crippen molar-refractivity contribution in [3.63, 3.8) is 0 Å². The second kappa shape index (κ2) is 22.7. The van der Waals surface area contributed by atoms with Crippen LogP contribution in [0.25, 0.3) is 0 Å². The first-order valence-electron chi connectivity index (χ1n) is 12.7. The van der Waals surface area contributed by atoms with Crippen LogP contribution in [0, 0.1) is 0 Å². The van der Waals surface area contributed by atoms with Crippen LogP contribution in [0.4, 0.5) is 0 Å². The maximum atomic E-state index is 2.46. The first-order valence-corrected chi connectivity index (χ1v) is 12.7. The van der Waals surface area contributed by atoms with Crippen molar-refractivity contribution in [1.29, 1.82) is 0 Å². The van der Waals surface area contributed by atoms with E-state index >= 15 is 0 Å². The average Bonchev–Trinajstić information content (AvgIpc) is 2.68. The van der Waals surface area contributed by atoms with Crippen molar-refractivity contribution in [2.45, 2.75) is 135 Å². The second-order valence-electron chi connectivity index (χ2n) is 8.84. The van der Waals surface area contributed by atoms with Gasteiger partial charge in [0.25, 0.3) is 0 Å². The number of allylic oxidation sites excluding steroid dienone is 4. The van der Waals surface area contributed by atoms with E-state index in [4.69, 9.17) is 0 Å². The Balaban J connectivity index is 3.49. The summed E-state index contributed by atoms with van der Waals surface area (Å²) in [7, 11) is 4.53. The third-order valence-electron chi connectivity index (χ3n) is 5.86. The summed E-state index contributed by atoms with van der Waals surface area (Å²) in [5.41, 5.74) is 0. The van der Waals surface area contributed by atoms with E-state index in [0.29, 0.717) is 0 Å². The first kappa shape index (κ1) is 27.4. The lowest BCUT2D eigenvalue weighted by Gasteiger charge is -2.24. The van der Waals surface area contributed by atoms with Crippen molar-refractivity contribution < 1.29 is 0 Å². The van der Waals surface area contributed by atoms with Crippen molar-refractivity contribution in [2.75, 3.05) is 14.1 Å². The molecule has 0 bridgehead atoms. The topological polar surface area (TPSA) is 3.24 Å². The molecule has 1 heteroatoms. The van der Waals surface area contributed by atoms with Crippen LogP contribution in [0.1, 0.15) is 129 Å². The molecule has 0 radical (unpaired) electrons. The molecule has 0 saturated heterocycles. The van der Waals surface area contributed by atoms with Crippen LogP contribution in [0.3, 0.4) is 0 Å². The minimum atomic E-state index is 0.805. The molecule has 0 aromatic rings. The minimum Gasteiger partial charge on any atom is -0.306 e. The summed E-state index contributed by atoms with van der Waals surface area (Å²) >= 11 is 0. The molecule has 0 aliphatic carbocycles. The fraction of sp³-hybridized carbons (Fsp3) is 0.852. The van der Waals surface area contributed by atoms with Gasteiger partial charge in [0.2, 0.25) is 0 Å². The molecule has 0 spiro atoms. The molecule has 0 saturated carbocycles. The highest BCUT2D eigenvalue weighted by Crippen LogP contribution is 2.16. The number of hydrogen-bond donors (Lipinski definition) is 0. The Bertz CT molecular complexity index is 342. The monoisotopic (exact) mass is 391 g/mol. The Kier molecular flexibility index (Phi) is 22.3. The quantitative estimate of drug-likeness (QED) is 0.139. The molecule has 0 aromatic heterocycles. The molecular weight excluding hydrogens is 338 g/mol. The SMILES string of the molecule is CCCCC/C=C\C/C=C\CCCCCCCC(CCCCCCC)N(C)C. The summed E-state index contributed by atoms with van der Waals surface area (Å²) in [6.07, 6.45) is 34.0. The van der Waals surface area contributed by atoms with Crippen LogP contribution in [-0.4, -0.2) is 25.0 Å². The van der Waals surface area contributed by atoms with Crippen LogP contribution in [0.15, 0.2) is 24.3 Å². The molecule has 1 atom stereocenters. The lowest BCUT2D eigenvalue weighted by molar-refractivity contribution is 0.251. The van der Waals surface area contributed by atoms with E-state index in [-0.39, 0.29) is 0 Å². The third kappa shape index (κ3) is 20.2. The van der Waals surface area contributed by atoms with Gasteiger partial charge in [-0.3, -0.25) is 0 Å². The van der Waals surface area contributed by atoms with Gasteiger partial charge >= 0.3 is 0 Å². The van der Waals surface area contributed by atoms with E-state index in [2.05, 4.69) is 57.1 Å². The van der Waals surface area contributed by atoms with E-state index < -0.39 is 0 Å². The first-order chi connectivity index (χ1) is 13.7. The van der Waals surface area contributed by atoms with Gasteiger partial charge in [-0.1, -0.05) is 109 Å². The molecule has 0 rings (SSSR count). The molecule has 166 valence electrons. The predicted octanol–water partition coefficient (Wildman–Crippen LogP) is 9.09. The molecular formula is C27H53N. The largest absolute Gasteiger partial charge is 0.306 e. The molecule has 1 unspecified atom stereocenters. The summed E-state index contributed by atoms with van der Waals surface area (Å²) in [5.74, 6) is 0. The molecule has 0 aromatic carbocycles. The zero-order valence-corrected chi connectivity index (χ0v) is 20.1. The average molecular weight is 392 g/mol. The van der Waals surface area contributed by atoms with Crippen LogP contribution < -0.4 is 0 Å². The van der Waals surface area contributed by atoms with Crippen LogP contribution in [-0.2, 0) is 0 Å². The normalized spacial score (nSPS) is 13.3. The smallest absolute Gasteiger partial charge is 0.00891 e. The molecule has 0 amide bonds. The Morgan fingerprint density at radius 2 is 0.964 bits per heavy atom. The van der Waals surface area contributed by atoms with Crippen LogP contribution in [0.2, 0.25) is 0 Å². The van der Waals surface area contributed by atoms with Gasteiger partial charge in [0, 0.05) is 6.04 Å².